The molecule has 0 bridgehead atoms. The van der Waals surface area contributed by atoms with Crippen LogP contribution in [0.2, 0.25) is 0 Å². The Morgan fingerprint density at radius 2 is 2.00 bits per heavy atom. The lowest BCUT2D eigenvalue weighted by atomic mass is 9.88. The van der Waals surface area contributed by atoms with Gasteiger partial charge in [-0.15, -0.1) is 6.58 Å². The van der Waals surface area contributed by atoms with E-state index >= 15 is 0 Å². The van der Waals surface area contributed by atoms with E-state index in [9.17, 15) is 4.79 Å². The van der Waals surface area contributed by atoms with Gasteiger partial charge in [0.1, 0.15) is 0 Å². The van der Waals surface area contributed by atoms with Gasteiger partial charge in [-0.25, -0.2) is 0 Å². The lowest BCUT2D eigenvalue weighted by Crippen LogP contribution is -2.48. The summed E-state index contributed by atoms with van der Waals surface area (Å²) < 4.78 is 0. The average Bonchev–Trinajstić information content (AvgIpc) is 2.46. The lowest BCUT2D eigenvalue weighted by Gasteiger charge is -2.36. The molecule has 1 atom stereocenters. The summed E-state index contributed by atoms with van der Waals surface area (Å²) in [5.74, 6) is 1.09. The van der Waals surface area contributed by atoms with E-state index in [1.165, 1.54) is 51.6 Å². The van der Waals surface area contributed by atoms with Crippen LogP contribution in [0.4, 0.5) is 0 Å². The molecule has 1 aliphatic heterocycles. The number of carbonyl (C=O) groups excluding carboxylic acids is 1. The van der Waals surface area contributed by atoms with Gasteiger partial charge in [-0.3, -0.25) is 4.79 Å². The van der Waals surface area contributed by atoms with Crippen molar-refractivity contribution < 1.29 is 4.79 Å². The number of allylic oxidation sites excluding steroid dienone is 1. The molecule has 1 aliphatic carbocycles. The molecule has 0 aromatic rings. The van der Waals surface area contributed by atoms with Crippen LogP contribution in [0.15, 0.2) is 12.7 Å². The third-order valence-electron chi connectivity index (χ3n) is 4.69. The zero-order valence-corrected chi connectivity index (χ0v) is 12.8. The van der Waals surface area contributed by atoms with E-state index in [4.69, 9.17) is 0 Å². The van der Waals surface area contributed by atoms with Crippen molar-refractivity contribution in [2.45, 2.75) is 63.8 Å². The van der Waals surface area contributed by atoms with E-state index < -0.39 is 0 Å². The molecule has 1 unspecified atom stereocenters. The van der Waals surface area contributed by atoms with Crippen LogP contribution in [0.1, 0.15) is 57.8 Å². The van der Waals surface area contributed by atoms with Gasteiger partial charge in [-0.05, 0) is 44.6 Å². The lowest BCUT2D eigenvalue weighted by molar-refractivity contribution is -0.122. The highest BCUT2D eigenvalue weighted by Gasteiger charge is 2.24. The van der Waals surface area contributed by atoms with Gasteiger partial charge in [-0.1, -0.05) is 25.3 Å². The summed E-state index contributed by atoms with van der Waals surface area (Å²) in [5, 5.41) is 3.19. The standard InChI is InChI=1S/C17H30N2O/c1-2-3-11-17(20)18-16-10-7-12-19(14-16)13-15-8-5-4-6-9-15/h2,15-16H,1,3-14H2,(H,18,20). The van der Waals surface area contributed by atoms with Crippen molar-refractivity contribution >= 4 is 5.91 Å². The van der Waals surface area contributed by atoms with Gasteiger partial charge in [0, 0.05) is 25.6 Å². The van der Waals surface area contributed by atoms with Crippen LogP contribution in [0.25, 0.3) is 0 Å². The van der Waals surface area contributed by atoms with Crippen LogP contribution in [0, 0.1) is 5.92 Å². The summed E-state index contributed by atoms with van der Waals surface area (Å²) in [7, 11) is 0. The first-order valence-electron chi connectivity index (χ1n) is 8.40. The van der Waals surface area contributed by atoms with Crippen LogP contribution in [0.5, 0.6) is 0 Å². The molecule has 1 saturated carbocycles. The van der Waals surface area contributed by atoms with Crippen molar-refractivity contribution in [2.24, 2.45) is 5.92 Å². The van der Waals surface area contributed by atoms with E-state index in [2.05, 4.69) is 16.8 Å². The number of carbonyl (C=O) groups is 1. The Morgan fingerprint density at radius 1 is 1.20 bits per heavy atom. The average molecular weight is 278 g/mol. The number of likely N-dealkylation sites (tertiary alicyclic amines) is 1. The molecular weight excluding hydrogens is 248 g/mol. The zero-order valence-electron chi connectivity index (χ0n) is 12.8. The number of amides is 1. The molecule has 2 rings (SSSR count). The van der Waals surface area contributed by atoms with E-state index in [1.807, 2.05) is 6.08 Å². The fourth-order valence-corrected chi connectivity index (χ4v) is 3.61. The predicted octanol–water partition coefficient (Wildman–Crippen LogP) is 3.11. The van der Waals surface area contributed by atoms with E-state index in [-0.39, 0.29) is 5.91 Å². The van der Waals surface area contributed by atoms with Crippen molar-refractivity contribution in [1.29, 1.82) is 0 Å². The molecule has 1 saturated heterocycles. The quantitative estimate of drug-likeness (QED) is 0.757. The second kappa shape index (κ2) is 8.46. The van der Waals surface area contributed by atoms with Crippen LogP contribution in [0.3, 0.4) is 0 Å². The summed E-state index contributed by atoms with van der Waals surface area (Å²) >= 11 is 0. The van der Waals surface area contributed by atoms with Gasteiger partial charge in [-0.2, -0.15) is 0 Å². The molecule has 114 valence electrons. The maximum atomic E-state index is 11.8. The Hall–Kier alpha value is -0.830. The number of hydrogen-bond acceptors (Lipinski definition) is 2. The van der Waals surface area contributed by atoms with Crippen molar-refractivity contribution in [3.05, 3.63) is 12.7 Å². The number of rotatable bonds is 6. The number of nitrogens with zero attached hydrogens (tertiary/aromatic N) is 1. The molecule has 1 N–H and O–H groups in total. The fourth-order valence-electron chi connectivity index (χ4n) is 3.61. The van der Waals surface area contributed by atoms with E-state index in [0.29, 0.717) is 12.5 Å². The van der Waals surface area contributed by atoms with Gasteiger partial charge in [0.2, 0.25) is 5.91 Å². The van der Waals surface area contributed by atoms with Crippen molar-refractivity contribution in [3.8, 4) is 0 Å². The van der Waals surface area contributed by atoms with E-state index in [0.717, 1.165) is 25.3 Å². The minimum absolute atomic E-state index is 0.189. The SMILES string of the molecule is C=CCCC(=O)NC1CCCN(CC2CCCCC2)C1. The first-order valence-corrected chi connectivity index (χ1v) is 8.40. The molecular formula is C17H30N2O. The Bertz CT molecular complexity index is 310. The van der Waals surface area contributed by atoms with Gasteiger partial charge >= 0.3 is 0 Å². The molecule has 3 nitrogen and oxygen atoms in total. The second-order valence-corrected chi connectivity index (χ2v) is 6.50. The van der Waals surface area contributed by atoms with Crippen molar-refractivity contribution in [2.75, 3.05) is 19.6 Å². The molecule has 0 spiro atoms. The van der Waals surface area contributed by atoms with Crippen LogP contribution in [-0.4, -0.2) is 36.5 Å². The first kappa shape index (κ1) is 15.6. The Balaban J connectivity index is 1.70. The minimum Gasteiger partial charge on any atom is -0.352 e. The van der Waals surface area contributed by atoms with Crippen LogP contribution in [-0.2, 0) is 4.79 Å². The molecule has 1 amide bonds. The highest BCUT2D eigenvalue weighted by atomic mass is 16.1. The second-order valence-electron chi connectivity index (χ2n) is 6.50. The van der Waals surface area contributed by atoms with Gasteiger partial charge in [0.15, 0.2) is 0 Å². The minimum atomic E-state index is 0.189. The summed E-state index contributed by atoms with van der Waals surface area (Å²) in [5.41, 5.74) is 0. The molecule has 0 aromatic carbocycles. The molecule has 1 heterocycles. The van der Waals surface area contributed by atoms with Crippen LogP contribution >= 0.6 is 0 Å². The summed E-state index contributed by atoms with van der Waals surface area (Å²) in [6.07, 6.45) is 12.6. The smallest absolute Gasteiger partial charge is 0.220 e. The molecule has 20 heavy (non-hydrogen) atoms. The number of nitrogens with one attached hydrogen (secondary N) is 1. The topological polar surface area (TPSA) is 32.3 Å². The summed E-state index contributed by atoms with van der Waals surface area (Å²) in [6, 6.07) is 0.365. The third-order valence-corrected chi connectivity index (χ3v) is 4.69. The number of piperidine rings is 1. The number of hydrogen-bond donors (Lipinski definition) is 1. The molecule has 0 radical (unpaired) electrons. The molecule has 2 aliphatic rings. The maximum Gasteiger partial charge on any atom is 0.220 e. The van der Waals surface area contributed by atoms with Crippen molar-refractivity contribution in [3.63, 3.8) is 0 Å². The summed E-state index contributed by atoms with van der Waals surface area (Å²) in [6.45, 7) is 7.19. The largest absolute Gasteiger partial charge is 0.352 e. The zero-order chi connectivity index (χ0) is 14.2. The predicted molar refractivity (Wildman–Crippen MR) is 83.6 cm³/mol. The molecule has 0 aromatic heterocycles. The Kier molecular flexibility index (Phi) is 6.58. The monoisotopic (exact) mass is 278 g/mol. The fraction of sp³-hybridized carbons (Fsp3) is 0.824. The van der Waals surface area contributed by atoms with Gasteiger partial charge < -0.3 is 10.2 Å². The third kappa shape index (κ3) is 5.28. The van der Waals surface area contributed by atoms with Crippen molar-refractivity contribution in [1.82, 2.24) is 10.2 Å². The first-order chi connectivity index (χ1) is 9.78. The Labute approximate surface area is 123 Å². The summed E-state index contributed by atoms with van der Waals surface area (Å²) in [4.78, 5) is 14.4. The Morgan fingerprint density at radius 3 is 2.75 bits per heavy atom. The molecule has 3 heteroatoms. The highest BCUT2D eigenvalue weighted by Crippen LogP contribution is 2.25. The van der Waals surface area contributed by atoms with Gasteiger partial charge in [0.05, 0.1) is 0 Å². The normalized spacial score (nSPS) is 25.3. The molecule has 2 fully saturated rings. The highest BCUT2D eigenvalue weighted by molar-refractivity contribution is 5.76. The van der Waals surface area contributed by atoms with Crippen LogP contribution < -0.4 is 5.32 Å². The van der Waals surface area contributed by atoms with Gasteiger partial charge in [0.25, 0.3) is 0 Å². The maximum absolute atomic E-state index is 11.8. The van der Waals surface area contributed by atoms with E-state index in [1.54, 1.807) is 0 Å².